The molecule has 47 heavy (non-hydrogen) atoms. The van der Waals surface area contributed by atoms with Crippen LogP contribution in [0.5, 0.6) is 23.0 Å². The Bertz CT molecular complexity index is 1760. The Balaban J connectivity index is 1.45. The lowest BCUT2D eigenvalue weighted by atomic mass is 10.1. The third-order valence-corrected chi connectivity index (χ3v) is 12.7. The second-order valence-corrected chi connectivity index (χ2v) is 17.9. The molecule has 236 valence electrons. The Hall–Kier alpha value is -5.42. The summed E-state index contributed by atoms with van der Waals surface area (Å²) in [6.45, 7) is 13.7. The number of nitrogens with zero attached hydrogens (tertiary/aromatic N) is 4. The summed E-state index contributed by atoms with van der Waals surface area (Å²) in [4.78, 5) is 0. The lowest BCUT2D eigenvalue weighted by Gasteiger charge is -2.49. The quantitative estimate of drug-likeness (QED) is 0.157. The minimum atomic E-state index is -2.93. The average molecular weight is 641 g/mol. The summed E-state index contributed by atoms with van der Waals surface area (Å²) in [6, 6.07) is 32.8. The standard InChI is InChI=1S/C38H36N4O4Si/c1-37(2,3)47(38(4,5)6,43-25-27-7-13-33(14-8-27)45-35-17-11-29(21-39)31(19-35)23-41)44-26-28-9-15-34(16-10-28)46-36-18-12-30(22-40)32(20-36)24-42/h7-20H,25-26H2,1-6H3. The number of hydrogen-bond donors (Lipinski definition) is 0. The maximum Gasteiger partial charge on any atom is 0.349 e. The van der Waals surface area contributed by atoms with Crippen LogP contribution in [0.15, 0.2) is 84.9 Å². The molecule has 0 amide bonds. The molecule has 0 N–H and O–H groups in total. The Morgan fingerprint density at radius 2 is 0.787 bits per heavy atom. The van der Waals surface area contributed by atoms with Crippen LogP contribution in [0.2, 0.25) is 10.1 Å². The van der Waals surface area contributed by atoms with E-state index < -0.39 is 8.56 Å². The molecule has 0 aliphatic carbocycles. The minimum absolute atomic E-state index is 0.264. The summed E-state index contributed by atoms with van der Waals surface area (Å²) in [6.07, 6.45) is 0. The van der Waals surface area contributed by atoms with Crippen molar-refractivity contribution >= 4 is 8.56 Å². The summed E-state index contributed by atoms with van der Waals surface area (Å²) in [5, 5.41) is 36.4. The zero-order valence-corrected chi connectivity index (χ0v) is 28.4. The van der Waals surface area contributed by atoms with Gasteiger partial charge in [0.2, 0.25) is 0 Å². The van der Waals surface area contributed by atoms with Crippen molar-refractivity contribution in [2.24, 2.45) is 0 Å². The van der Waals surface area contributed by atoms with Crippen molar-refractivity contribution in [1.82, 2.24) is 0 Å². The van der Waals surface area contributed by atoms with Crippen LogP contribution in [0.1, 0.15) is 74.9 Å². The summed E-state index contributed by atoms with van der Waals surface area (Å²) in [7, 11) is -2.93. The molecule has 0 aromatic heterocycles. The van der Waals surface area contributed by atoms with E-state index in [1.807, 2.05) is 72.8 Å². The molecule has 0 fully saturated rings. The Morgan fingerprint density at radius 3 is 1.09 bits per heavy atom. The maximum atomic E-state index is 9.31. The van der Waals surface area contributed by atoms with Crippen LogP contribution in [0, 0.1) is 45.3 Å². The van der Waals surface area contributed by atoms with Gasteiger partial charge in [-0.05, 0) is 71.8 Å². The van der Waals surface area contributed by atoms with Crippen LogP contribution < -0.4 is 9.47 Å². The van der Waals surface area contributed by atoms with E-state index in [1.54, 1.807) is 36.4 Å². The van der Waals surface area contributed by atoms with Crippen LogP contribution in [0.3, 0.4) is 0 Å². The molecule has 0 aliphatic heterocycles. The number of rotatable bonds is 10. The fraction of sp³-hybridized carbons (Fsp3) is 0.263. The maximum absolute atomic E-state index is 9.31. The molecule has 0 radical (unpaired) electrons. The zero-order chi connectivity index (χ0) is 34.2. The van der Waals surface area contributed by atoms with Gasteiger partial charge < -0.3 is 18.3 Å². The van der Waals surface area contributed by atoms with Crippen LogP contribution >= 0.6 is 0 Å². The molecule has 0 saturated heterocycles. The predicted octanol–water partition coefficient (Wildman–Crippen LogP) is 9.53. The van der Waals surface area contributed by atoms with E-state index in [2.05, 4.69) is 41.5 Å². The summed E-state index contributed by atoms with van der Waals surface area (Å²) >= 11 is 0. The van der Waals surface area contributed by atoms with Crippen molar-refractivity contribution in [2.45, 2.75) is 64.8 Å². The van der Waals surface area contributed by atoms with E-state index in [1.165, 1.54) is 0 Å². The average Bonchev–Trinajstić information content (AvgIpc) is 3.04. The van der Waals surface area contributed by atoms with Gasteiger partial charge in [0, 0.05) is 10.1 Å². The third kappa shape index (κ3) is 8.06. The van der Waals surface area contributed by atoms with E-state index >= 15 is 0 Å². The van der Waals surface area contributed by atoms with Gasteiger partial charge in [-0.15, -0.1) is 0 Å². The first-order valence-electron chi connectivity index (χ1n) is 15.0. The number of benzene rings is 4. The van der Waals surface area contributed by atoms with Crippen LogP contribution in [-0.4, -0.2) is 8.56 Å². The normalized spacial score (nSPS) is 11.4. The molecular formula is C38H36N4O4Si. The van der Waals surface area contributed by atoms with Crippen LogP contribution in [-0.2, 0) is 22.1 Å². The monoisotopic (exact) mass is 640 g/mol. The number of nitriles is 4. The predicted molar refractivity (Wildman–Crippen MR) is 180 cm³/mol. The lowest BCUT2D eigenvalue weighted by Crippen LogP contribution is -2.57. The summed E-state index contributed by atoms with van der Waals surface area (Å²) < 4.78 is 25.6. The molecule has 4 rings (SSSR count). The summed E-state index contributed by atoms with van der Waals surface area (Å²) in [5.41, 5.74) is 3.08. The lowest BCUT2D eigenvalue weighted by molar-refractivity contribution is 0.112. The molecule has 0 saturated carbocycles. The van der Waals surface area contributed by atoms with Gasteiger partial charge >= 0.3 is 8.56 Å². The van der Waals surface area contributed by atoms with Crippen molar-refractivity contribution in [2.75, 3.05) is 0 Å². The largest absolute Gasteiger partial charge is 0.457 e. The van der Waals surface area contributed by atoms with E-state index in [4.69, 9.17) is 28.8 Å². The zero-order valence-electron chi connectivity index (χ0n) is 27.4. The topological polar surface area (TPSA) is 132 Å². The highest BCUT2D eigenvalue weighted by Crippen LogP contribution is 2.53. The van der Waals surface area contributed by atoms with Crippen molar-refractivity contribution in [3.8, 4) is 47.3 Å². The Morgan fingerprint density at radius 1 is 0.468 bits per heavy atom. The fourth-order valence-corrected chi connectivity index (χ4v) is 10.3. The van der Waals surface area contributed by atoms with Gasteiger partial charge in [-0.2, -0.15) is 21.0 Å². The number of ether oxygens (including phenoxy) is 2. The van der Waals surface area contributed by atoms with Crippen molar-refractivity contribution in [3.05, 3.63) is 118 Å². The first kappa shape index (κ1) is 34.5. The SMILES string of the molecule is CC(C)(C)[Si](OCc1ccc(Oc2ccc(C#N)c(C#N)c2)cc1)(OCc1ccc(Oc2ccc(C#N)c(C#N)c2)cc1)C(C)(C)C. The number of hydrogen-bond acceptors (Lipinski definition) is 8. The highest BCUT2D eigenvalue weighted by molar-refractivity contribution is 6.73. The smallest absolute Gasteiger partial charge is 0.349 e. The molecular weight excluding hydrogens is 605 g/mol. The van der Waals surface area contributed by atoms with Crippen molar-refractivity contribution in [1.29, 1.82) is 21.0 Å². The second kappa shape index (κ2) is 14.3. The highest BCUT2D eigenvalue weighted by atomic mass is 28.4. The van der Waals surface area contributed by atoms with Gasteiger partial charge in [0.1, 0.15) is 47.3 Å². The summed E-state index contributed by atoms with van der Waals surface area (Å²) in [5.74, 6) is 2.16. The third-order valence-electron chi connectivity index (χ3n) is 7.64. The van der Waals surface area contributed by atoms with Gasteiger partial charge in [-0.25, -0.2) is 0 Å². The van der Waals surface area contributed by atoms with E-state index in [9.17, 15) is 10.5 Å². The van der Waals surface area contributed by atoms with Crippen molar-refractivity contribution < 1.29 is 18.3 Å². The Kier molecular flexibility index (Phi) is 10.5. The molecule has 0 aliphatic rings. The molecule has 0 bridgehead atoms. The minimum Gasteiger partial charge on any atom is -0.457 e. The van der Waals surface area contributed by atoms with E-state index in [0.29, 0.717) is 47.3 Å². The molecule has 0 heterocycles. The molecule has 4 aromatic rings. The van der Waals surface area contributed by atoms with Crippen LogP contribution in [0.25, 0.3) is 0 Å². The first-order chi connectivity index (χ1) is 22.3. The second-order valence-electron chi connectivity index (χ2n) is 13.0. The van der Waals surface area contributed by atoms with Crippen LogP contribution in [0.4, 0.5) is 0 Å². The van der Waals surface area contributed by atoms with Gasteiger partial charge in [0.15, 0.2) is 0 Å². The molecule has 0 atom stereocenters. The Labute approximate surface area is 277 Å². The van der Waals surface area contributed by atoms with Gasteiger partial charge in [0.25, 0.3) is 0 Å². The fourth-order valence-electron chi connectivity index (χ4n) is 5.54. The van der Waals surface area contributed by atoms with E-state index in [-0.39, 0.29) is 21.2 Å². The first-order valence-corrected chi connectivity index (χ1v) is 16.8. The molecule has 8 nitrogen and oxygen atoms in total. The van der Waals surface area contributed by atoms with E-state index in [0.717, 1.165) is 11.1 Å². The molecule has 9 heteroatoms. The molecule has 0 unspecified atom stereocenters. The van der Waals surface area contributed by atoms with Gasteiger partial charge in [-0.1, -0.05) is 65.8 Å². The van der Waals surface area contributed by atoms with Gasteiger partial charge in [0.05, 0.1) is 35.5 Å². The van der Waals surface area contributed by atoms with Gasteiger partial charge in [-0.3, -0.25) is 0 Å². The highest BCUT2D eigenvalue weighted by Gasteiger charge is 2.58. The molecule has 0 spiro atoms. The molecule has 4 aromatic carbocycles. The van der Waals surface area contributed by atoms with Crippen molar-refractivity contribution in [3.63, 3.8) is 0 Å².